The highest BCUT2D eigenvalue weighted by atomic mass is 16.5. The molecule has 0 amide bonds. The van der Waals surface area contributed by atoms with E-state index in [0.29, 0.717) is 18.4 Å². The van der Waals surface area contributed by atoms with E-state index in [4.69, 9.17) is 4.74 Å². The lowest BCUT2D eigenvalue weighted by atomic mass is 9.86. The molecule has 0 aliphatic carbocycles. The number of nitrogens with one attached hydrogen (secondary N) is 1. The largest absolute Gasteiger partial charge is 0.396 e. The van der Waals surface area contributed by atoms with Gasteiger partial charge in [-0.3, -0.25) is 0 Å². The van der Waals surface area contributed by atoms with Crippen molar-refractivity contribution in [3.8, 4) is 0 Å². The Hall–Kier alpha value is -0.120. The summed E-state index contributed by atoms with van der Waals surface area (Å²) >= 11 is 0. The van der Waals surface area contributed by atoms with Gasteiger partial charge in [0.05, 0.1) is 0 Å². The first-order valence-electron chi connectivity index (χ1n) is 7.02. The number of aliphatic hydroxyl groups excluding tert-OH is 1. The van der Waals surface area contributed by atoms with Gasteiger partial charge in [-0.1, -0.05) is 6.92 Å². The maximum absolute atomic E-state index is 9.48. The van der Waals surface area contributed by atoms with Crippen LogP contribution in [0.4, 0.5) is 0 Å². The first-order valence-corrected chi connectivity index (χ1v) is 7.02. The van der Waals surface area contributed by atoms with Gasteiger partial charge in [0, 0.05) is 25.4 Å². The molecule has 1 saturated heterocycles. The van der Waals surface area contributed by atoms with E-state index in [2.05, 4.69) is 26.1 Å². The zero-order chi connectivity index (χ0) is 12.7. The van der Waals surface area contributed by atoms with Gasteiger partial charge in [0.25, 0.3) is 0 Å². The van der Waals surface area contributed by atoms with Crippen molar-refractivity contribution < 1.29 is 9.84 Å². The molecule has 3 heteroatoms. The Morgan fingerprint density at radius 3 is 2.76 bits per heavy atom. The van der Waals surface area contributed by atoms with Crippen molar-refractivity contribution in [2.45, 2.75) is 52.0 Å². The lowest BCUT2D eigenvalue weighted by molar-refractivity contribution is 0.0139. The molecule has 1 rings (SSSR count). The van der Waals surface area contributed by atoms with Crippen LogP contribution in [0.15, 0.2) is 0 Å². The van der Waals surface area contributed by atoms with Gasteiger partial charge in [0.15, 0.2) is 0 Å². The smallest absolute Gasteiger partial charge is 0.0497 e. The summed E-state index contributed by atoms with van der Waals surface area (Å²) < 4.78 is 5.50. The van der Waals surface area contributed by atoms with Gasteiger partial charge >= 0.3 is 0 Å². The van der Waals surface area contributed by atoms with Crippen molar-refractivity contribution in [2.75, 3.05) is 26.4 Å². The Balaban J connectivity index is 2.26. The standard InChI is InChI=1S/C14H29NO2/c1-4-14(2,3)15-8-7-12(10-16)13-6-5-9-17-11-13/h12-13,15-16H,4-11H2,1-3H3. The van der Waals surface area contributed by atoms with E-state index in [-0.39, 0.29) is 5.54 Å². The molecule has 0 aromatic heterocycles. The van der Waals surface area contributed by atoms with Crippen LogP contribution in [0, 0.1) is 11.8 Å². The average molecular weight is 243 g/mol. The van der Waals surface area contributed by atoms with E-state index in [0.717, 1.165) is 39.0 Å². The van der Waals surface area contributed by atoms with Gasteiger partial charge in [0.2, 0.25) is 0 Å². The van der Waals surface area contributed by atoms with Crippen LogP contribution in [0.5, 0.6) is 0 Å². The highest BCUT2D eigenvalue weighted by Gasteiger charge is 2.24. The third-order valence-electron chi connectivity index (χ3n) is 4.10. The second-order valence-corrected chi connectivity index (χ2v) is 5.87. The molecule has 102 valence electrons. The van der Waals surface area contributed by atoms with E-state index < -0.39 is 0 Å². The first kappa shape index (κ1) is 14.9. The molecule has 0 radical (unpaired) electrons. The minimum Gasteiger partial charge on any atom is -0.396 e. The third kappa shape index (κ3) is 5.36. The monoisotopic (exact) mass is 243 g/mol. The lowest BCUT2D eigenvalue weighted by Crippen LogP contribution is -2.40. The van der Waals surface area contributed by atoms with Crippen LogP contribution in [-0.2, 0) is 4.74 Å². The quantitative estimate of drug-likeness (QED) is 0.720. The zero-order valence-corrected chi connectivity index (χ0v) is 11.7. The zero-order valence-electron chi connectivity index (χ0n) is 11.7. The van der Waals surface area contributed by atoms with E-state index in [1.165, 1.54) is 6.42 Å². The molecule has 0 aromatic carbocycles. The molecule has 0 saturated carbocycles. The van der Waals surface area contributed by atoms with Crippen LogP contribution in [-0.4, -0.2) is 37.0 Å². The highest BCUT2D eigenvalue weighted by molar-refractivity contribution is 4.78. The SMILES string of the molecule is CCC(C)(C)NCCC(CO)C1CCCOC1. The molecule has 1 heterocycles. The molecular formula is C14H29NO2. The molecule has 0 spiro atoms. The van der Waals surface area contributed by atoms with Crippen molar-refractivity contribution in [3.63, 3.8) is 0 Å². The number of hydrogen-bond donors (Lipinski definition) is 2. The molecule has 2 unspecified atom stereocenters. The molecule has 2 N–H and O–H groups in total. The molecule has 1 aliphatic rings. The number of hydrogen-bond acceptors (Lipinski definition) is 3. The summed E-state index contributed by atoms with van der Waals surface area (Å²) in [6.07, 6.45) is 4.54. The molecule has 17 heavy (non-hydrogen) atoms. The Kier molecular flexibility index (Phi) is 6.45. The highest BCUT2D eigenvalue weighted by Crippen LogP contribution is 2.24. The van der Waals surface area contributed by atoms with E-state index in [1.807, 2.05) is 0 Å². The third-order valence-corrected chi connectivity index (χ3v) is 4.10. The van der Waals surface area contributed by atoms with Gasteiger partial charge in [-0.15, -0.1) is 0 Å². The number of ether oxygens (including phenoxy) is 1. The fourth-order valence-electron chi connectivity index (χ4n) is 2.33. The van der Waals surface area contributed by atoms with Crippen LogP contribution in [0.3, 0.4) is 0 Å². The predicted molar refractivity (Wildman–Crippen MR) is 71.1 cm³/mol. The van der Waals surface area contributed by atoms with Gasteiger partial charge in [-0.25, -0.2) is 0 Å². The number of rotatable bonds is 7. The summed E-state index contributed by atoms with van der Waals surface area (Å²) in [7, 11) is 0. The summed E-state index contributed by atoms with van der Waals surface area (Å²) in [5.41, 5.74) is 0.211. The molecule has 0 aromatic rings. The van der Waals surface area contributed by atoms with E-state index in [9.17, 15) is 5.11 Å². The summed E-state index contributed by atoms with van der Waals surface area (Å²) in [5, 5.41) is 13.0. The Morgan fingerprint density at radius 1 is 1.47 bits per heavy atom. The van der Waals surface area contributed by atoms with Gasteiger partial charge in [-0.2, -0.15) is 0 Å². The summed E-state index contributed by atoms with van der Waals surface area (Å²) in [6.45, 7) is 9.67. The molecule has 1 aliphatic heterocycles. The molecular weight excluding hydrogens is 214 g/mol. The van der Waals surface area contributed by atoms with Crippen LogP contribution in [0.25, 0.3) is 0 Å². The number of aliphatic hydroxyl groups is 1. The minimum absolute atomic E-state index is 0.211. The molecule has 1 fully saturated rings. The Labute approximate surface area is 106 Å². The van der Waals surface area contributed by atoms with Crippen molar-refractivity contribution in [3.05, 3.63) is 0 Å². The Morgan fingerprint density at radius 2 is 2.24 bits per heavy atom. The van der Waals surface area contributed by atoms with Gasteiger partial charge < -0.3 is 15.2 Å². The predicted octanol–water partition coefficient (Wildman–Crippen LogP) is 2.19. The van der Waals surface area contributed by atoms with Crippen molar-refractivity contribution in [1.29, 1.82) is 0 Å². The minimum atomic E-state index is 0.211. The average Bonchev–Trinajstić information content (AvgIpc) is 2.36. The molecule has 2 atom stereocenters. The van der Waals surface area contributed by atoms with Crippen molar-refractivity contribution in [1.82, 2.24) is 5.32 Å². The molecule has 0 bridgehead atoms. The lowest BCUT2D eigenvalue weighted by Gasteiger charge is -2.31. The Bertz CT molecular complexity index is 200. The fourth-order valence-corrected chi connectivity index (χ4v) is 2.33. The maximum atomic E-state index is 9.48. The van der Waals surface area contributed by atoms with Crippen LogP contribution >= 0.6 is 0 Å². The van der Waals surface area contributed by atoms with Crippen LogP contribution < -0.4 is 5.32 Å². The summed E-state index contributed by atoms with van der Waals surface area (Å²) in [6, 6.07) is 0. The van der Waals surface area contributed by atoms with Gasteiger partial charge in [-0.05, 0) is 57.9 Å². The van der Waals surface area contributed by atoms with Gasteiger partial charge in [0.1, 0.15) is 0 Å². The van der Waals surface area contributed by atoms with Crippen LogP contribution in [0.2, 0.25) is 0 Å². The van der Waals surface area contributed by atoms with Crippen LogP contribution in [0.1, 0.15) is 46.5 Å². The van der Waals surface area contributed by atoms with E-state index >= 15 is 0 Å². The van der Waals surface area contributed by atoms with Crippen molar-refractivity contribution in [2.24, 2.45) is 11.8 Å². The molecule has 3 nitrogen and oxygen atoms in total. The normalized spacial score (nSPS) is 23.6. The fraction of sp³-hybridized carbons (Fsp3) is 1.00. The second kappa shape index (κ2) is 7.34. The van der Waals surface area contributed by atoms with E-state index in [1.54, 1.807) is 0 Å². The summed E-state index contributed by atoms with van der Waals surface area (Å²) in [4.78, 5) is 0. The first-order chi connectivity index (χ1) is 8.09. The summed E-state index contributed by atoms with van der Waals surface area (Å²) in [5.74, 6) is 0.954. The maximum Gasteiger partial charge on any atom is 0.0497 e. The van der Waals surface area contributed by atoms with Crippen molar-refractivity contribution >= 4 is 0 Å². The topological polar surface area (TPSA) is 41.5 Å². The second-order valence-electron chi connectivity index (χ2n) is 5.87.